The molecule has 2 aliphatic heterocycles. The van der Waals surface area contributed by atoms with Crippen molar-refractivity contribution >= 4 is 17.3 Å². The van der Waals surface area contributed by atoms with Gasteiger partial charge in [-0.15, -0.1) is 11.3 Å². The Morgan fingerprint density at radius 1 is 1.44 bits per heavy atom. The van der Waals surface area contributed by atoms with Gasteiger partial charge in [-0.1, -0.05) is 6.92 Å². The predicted molar refractivity (Wildman–Crippen MR) is 101 cm³/mol. The maximum Gasteiger partial charge on any atom is 0.193 e. The summed E-state index contributed by atoms with van der Waals surface area (Å²) in [6.07, 6.45) is 6.08. The topological polar surface area (TPSA) is 59.0 Å². The molecule has 2 fully saturated rings. The van der Waals surface area contributed by atoms with Crippen molar-refractivity contribution in [2.75, 3.05) is 33.4 Å². The number of guanidine groups is 1. The smallest absolute Gasteiger partial charge is 0.193 e. The van der Waals surface area contributed by atoms with Crippen LogP contribution in [0.2, 0.25) is 0 Å². The Hall–Kier alpha value is -1.18. The Balaban J connectivity index is 1.39. The van der Waals surface area contributed by atoms with Crippen molar-refractivity contribution in [2.24, 2.45) is 4.99 Å². The summed E-state index contributed by atoms with van der Waals surface area (Å²) in [6, 6.07) is 0. The molecule has 2 saturated heterocycles. The van der Waals surface area contributed by atoms with Crippen LogP contribution in [-0.4, -0.2) is 61.4 Å². The number of nitrogens with zero attached hydrogens (tertiary/aromatic N) is 3. The number of ether oxygens (including phenoxy) is 2. The molecule has 0 aromatic carbocycles. The lowest BCUT2D eigenvalue weighted by atomic mass is 10.1. The minimum absolute atomic E-state index is 0.318. The lowest BCUT2D eigenvalue weighted by Gasteiger charge is -2.34. The second-order valence-corrected chi connectivity index (χ2v) is 7.58. The zero-order valence-electron chi connectivity index (χ0n) is 15.4. The highest BCUT2D eigenvalue weighted by Crippen LogP contribution is 2.18. The van der Waals surface area contributed by atoms with Crippen molar-refractivity contribution in [3.8, 4) is 0 Å². The summed E-state index contributed by atoms with van der Waals surface area (Å²) >= 11 is 1.73. The monoisotopic (exact) mass is 366 g/mol. The summed E-state index contributed by atoms with van der Waals surface area (Å²) in [6.45, 7) is 6.48. The molecule has 0 spiro atoms. The van der Waals surface area contributed by atoms with Gasteiger partial charge >= 0.3 is 0 Å². The quantitative estimate of drug-likeness (QED) is 0.619. The molecule has 6 nitrogen and oxygen atoms in total. The summed E-state index contributed by atoms with van der Waals surface area (Å²) < 4.78 is 11.7. The molecule has 2 aliphatic rings. The highest BCUT2D eigenvalue weighted by molar-refractivity contribution is 7.09. The summed E-state index contributed by atoms with van der Waals surface area (Å²) in [5.74, 6) is 0.962. The van der Waals surface area contributed by atoms with Gasteiger partial charge in [-0.2, -0.15) is 0 Å². The fourth-order valence-corrected chi connectivity index (χ4v) is 4.09. The van der Waals surface area contributed by atoms with Gasteiger partial charge in [-0.3, -0.25) is 4.99 Å². The minimum Gasteiger partial charge on any atom is -0.376 e. The van der Waals surface area contributed by atoms with E-state index in [1.807, 2.05) is 7.05 Å². The molecule has 1 aromatic heterocycles. The maximum absolute atomic E-state index is 6.05. The van der Waals surface area contributed by atoms with E-state index < -0.39 is 0 Å². The number of aryl methyl sites for hydroxylation is 1. The van der Waals surface area contributed by atoms with Gasteiger partial charge in [0.1, 0.15) is 0 Å². The average Bonchev–Trinajstić information content (AvgIpc) is 3.33. The number of hydrogen-bond donors (Lipinski definition) is 1. The van der Waals surface area contributed by atoms with E-state index in [-0.39, 0.29) is 0 Å². The lowest BCUT2D eigenvalue weighted by molar-refractivity contribution is -0.0367. The van der Waals surface area contributed by atoms with Gasteiger partial charge in [0.05, 0.1) is 36.1 Å². The summed E-state index contributed by atoms with van der Waals surface area (Å²) in [5, 5.41) is 6.76. The van der Waals surface area contributed by atoms with Crippen molar-refractivity contribution in [2.45, 2.75) is 57.8 Å². The number of hydrogen-bond acceptors (Lipinski definition) is 5. The highest BCUT2D eigenvalue weighted by Gasteiger charge is 2.24. The predicted octanol–water partition coefficient (Wildman–Crippen LogP) is 2.44. The van der Waals surface area contributed by atoms with Crippen LogP contribution < -0.4 is 5.32 Å². The van der Waals surface area contributed by atoms with Crippen LogP contribution in [0.4, 0.5) is 0 Å². The van der Waals surface area contributed by atoms with Crippen molar-refractivity contribution in [3.05, 3.63) is 16.1 Å². The lowest BCUT2D eigenvalue weighted by Crippen LogP contribution is -2.47. The first kappa shape index (κ1) is 18.6. The summed E-state index contributed by atoms with van der Waals surface area (Å²) in [7, 11) is 1.85. The van der Waals surface area contributed by atoms with Crippen LogP contribution in [0.5, 0.6) is 0 Å². The van der Waals surface area contributed by atoms with E-state index in [4.69, 9.17) is 9.47 Å². The van der Waals surface area contributed by atoms with E-state index in [0.29, 0.717) is 12.2 Å². The van der Waals surface area contributed by atoms with E-state index in [1.165, 1.54) is 11.4 Å². The van der Waals surface area contributed by atoms with Crippen LogP contribution in [0, 0.1) is 0 Å². The average molecular weight is 367 g/mol. The molecule has 0 aliphatic carbocycles. The van der Waals surface area contributed by atoms with Gasteiger partial charge in [0.15, 0.2) is 5.96 Å². The van der Waals surface area contributed by atoms with E-state index in [2.05, 4.69) is 32.5 Å². The Morgan fingerprint density at radius 2 is 2.28 bits per heavy atom. The SMILES string of the molecule is CCc1nc(CNC(=NC)N2CCC(OCC3CCCO3)CC2)cs1. The fourth-order valence-electron chi connectivity index (χ4n) is 3.35. The normalized spacial score (nSPS) is 22.6. The molecule has 1 aromatic rings. The molecule has 0 amide bonds. The first-order valence-corrected chi connectivity index (χ1v) is 10.3. The fraction of sp³-hybridized carbons (Fsp3) is 0.778. The third-order valence-corrected chi connectivity index (χ3v) is 5.87. The molecule has 1 atom stereocenters. The van der Waals surface area contributed by atoms with Crippen LogP contribution in [0.15, 0.2) is 10.4 Å². The number of aliphatic imine (C=N–C) groups is 1. The molecule has 7 heteroatoms. The number of piperidine rings is 1. The van der Waals surface area contributed by atoms with Crippen molar-refractivity contribution in [1.82, 2.24) is 15.2 Å². The first-order chi connectivity index (χ1) is 12.3. The molecule has 0 saturated carbocycles. The minimum atomic E-state index is 0.318. The third-order valence-electron chi connectivity index (χ3n) is 4.82. The van der Waals surface area contributed by atoms with Gasteiger partial charge in [0.25, 0.3) is 0 Å². The zero-order chi connectivity index (χ0) is 17.5. The third kappa shape index (κ3) is 5.39. The Kier molecular flexibility index (Phi) is 7.07. The Bertz CT molecular complexity index is 549. The van der Waals surface area contributed by atoms with Crippen molar-refractivity contribution < 1.29 is 9.47 Å². The van der Waals surface area contributed by atoms with Crippen LogP contribution >= 0.6 is 11.3 Å². The largest absolute Gasteiger partial charge is 0.376 e. The molecule has 3 rings (SSSR count). The number of likely N-dealkylation sites (tertiary alicyclic amines) is 1. The number of rotatable bonds is 6. The second kappa shape index (κ2) is 9.50. The highest BCUT2D eigenvalue weighted by atomic mass is 32.1. The molecule has 0 radical (unpaired) electrons. The number of nitrogens with one attached hydrogen (secondary N) is 1. The first-order valence-electron chi connectivity index (χ1n) is 9.40. The van der Waals surface area contributed by atoms with Gasteiger partial charge in [-0.05, 0) is 32.1 Å². The van der Waals surface area contributed by atoms with Crippen LogP contribution in [0.3, 0.4) is 0 Å². The van der Waals surface area contributed by atoms with Gasteiger partial charge in [-0.25, -0.2) is 4.98 Å². The van der Waals surface area contributed by atoms with E-state index >= 15 is 0 Å². The maximum atomic E-state index is 6.05. The van der Waals surface area contributed by atoms with E-state index in [1.54, 1.807) is 11.3 Å². The van der Waals surface area contributed by atoms with Crippen LogP contribution in [0.1, 0.15) is 43.3 Å². The molecule has 3 heterocycles. The summed E-state index contributed by atoms with van der Waals surface area (Å²) in [5.41, 5.74) is 1.10. The Labute approximate surface area is 154 Å². The zero-order valence-corrected chi connectivity index (χ0v) is 16.2. The molecular formula is C18H30N4O2S. The van der Waals surface area contributed by atoms with Gasteiger partial charge in [0.2, 0.25) is 0 Å². The summed E-state index contributed by atoms with van der Waals surface area (Å²) in [4.78, 5) is 11.4. The van der Waals surface area contributed by atoms with E-state index in [9.17, 15) is 0 Å². The number of aromatic nitrogens is 1. The van der Waals surface area contributed by atoms with Crippen LogP contribution in [-0.2, 0) is 22.4 Å². The van der Waals surface area contributed by atoms with E-state index in [0.717, 1.165) is 70.2 Å². The molecule has 25 heavy (non-hydrogen) atoms. The molecule has 1 unspecified atom stereocenters. The van der Waals surface area contributed by atoms with Crippen LogP contribution in [0.25, 0.3) is 0 Å². The molecule has 140 valence electrons. The molecular weight excluding hydrogens is 336 g/mol. The van der Waals surface area contributed by atoms with Crippen molar-refractivity contribution in [3.63, 3.8) is 0 Å². The van der Waals surface area contributed by atoms with Crippen molar-refractivity contribution in [1.29, 1.82) is 0 Å². The van der Waals surface area contributed by atoms with Gasteiger partial charge < -0.3 is 19.7 Å². The molecule has 1 N–H and O–H groups in total. The second-order valence-electron chi connectivity index (χ2n) is 6.64. The Morgan fingerprint density at radius 3 is 2.92 bits per heavy atom. The molecule has 0 bridgehead atoms. The standard InChI is InChI=1S/C18H30N4O2S/c1-3-17-21-14(13-25-17)11-20-18(19-2)22-8-6-15(7-9-22)24-12-16-5-4-10-23-16/h13,15-16H,3-12H2,1-2H3,(H,19,20). The number of thiazole rings is 1. The van der Waals surface area contributed by atoms with Gasteiger partial charge in [0, 0.05) is 32.1 Å².